The van der Waals surface area contributed by atoms with Crippen LogP contribution in [0.4, 0.5) is 0 Å². The first-order chi connectivity index (χ1) is 18.3. The number of rotatable bonds is 10. The second-order valence-electron chi connectivity index (χ2n) is 9.40. The van der Waals surface area contributed by atoms with Gasteiger partial charge in [-0.25, -0.2) is 4.98 Å². The summed E-state index contributed by atoms with van der Waals surface area (Å²) >= 11 is 2.67. The molecule has 3 rings (SSSR count). The molecule has 0 aromatic carbocycles. The number of cyclic esters (lactones) is 1. The molecule has 0 saturated heterocycles. The lowest BCUT2D eigenvalue weighted by Gasteiger charge is -2.19. The van der Waals surface area contributed by atoms with Gasteiger partial charge in [-0.3, -0.25) is 24.2 Å². The number of esters is 1. The highest BCUT2D eigenvalue weighted by molar-refractivity contribution is 8.14. The minimum absolute atomic E-state index is 0.0656. The van der Waals surface area contributed by atoms with Gasteiger partial charge < -0.3 is 19.8 Å². The lowest BCUT2D eigenvalue weighted by atomic mass is 10.1. The lowest BCUT2D eigenvalue weighted by Crippen LogP contribution is -2.46. The molecule has 12 heteroatoms. The molecule has 2 aliphatic rings. The third-order valence-electron chi connectivity index (χ3n) is 5.98. The monoisotopic (exact) mass is 564 g/mol. The average Bonchev–Trinajstić information content (AvgIpc) is 3.52. The zero-order chi connectivity index (χ0) is 27.4. The van der Waals surface area contributed by atoms with Crippen LogP contribution in [-0.4, -0.2) is 62.6 Å². The number of oxazole rings is 1. The number of thioether (sulfide) groups is 2. The standard InChI is InChI=1S/C26H36N4O6S2/c1-3-4-5-6-7-11-23(33)37-12-9-8-10-18-13-20(31)27-14-21-29-19(16-35-21)24-30-26(2,17-38-24)25(34)28-15-22(32)36-18/h8,10,16,18H,3-7,9,11-15,17H2,1-2H3,(H,27,31)(H,28,34)/b10-8+. The van der Waals surface area contributed by atoms with Crippen molar-refractivity contribution in [3.8, 4) is 0 Å². The van der Waals surface area contributed by atoms with Crippen LogP contribution in [0.1, 0.15) is 76.8 Å². The van der Waals surface area contributed by atoms with Crippen molar-refractivity contribution in [3.63, 3.8) is 0 Å². The molecule has 0 saturated carbocycles. The molecule has 1 aromatic rings. The summed E-state index contributed by atoms with van der Waals surface area (Å²) in [5.74, 6) is -0.0979. The number of aromatic nitrogens is 1. The van der Waals surface area contributed by atoms with E-state index in [0.29, 0.717) is 41.0 Å². The van der Waals surface area contributed by atoms with Crippen LogP contribution in [0.3, 0.4) is 0 Å². The first kappa shape index (κ1) is 29.9. The number of hydrogen-bond acceptors (Lipinski definition) is 10. The highest BCUT2D eigenvalue weighted by Gasteiger charge is 2.39. The highest BCUT2D eigenvalue weighted by Crippen LogP contribution is 2.31. The Hall–Kier alpha value is -2.60. The second-order valence-corrected chi connectivity index (χ2v) is 11.5. The number of hydrogen-bond donors (Lipinski definition) is 2. The molecule has 2 N–H and O–H groups in total. The number of amides is 2. The van der Waals surface area contributed by atoms with E-state index in [-0.39, 0.29) is 30.5 Å². The smallest absolute Gasteiger partial charge is 0.326 e. The van der Waals surface area contributed by atoms with Gasteiger partial charge in [0, 0.05) is 17.9 Å². The van der Waals surface area contributed by atoms with E-state index in [1.165, 1.54) is 49.0 Å². The maximum atomic E-state index is 12.7. The van der Waals surface area contributed by atoms with E-state index in [4.69, 9.17) is 9.15 Å². The fourth-order valence-corrected chi connectivity index (χ4v) is 5.69. The molecule has 2 amide bonds. The number of nitrogens with one attached hydrogen (secondary N) is 2. The van der Waals surface area contributed by atoms with Crippen LogP contribution in [0.5, 0.6) is 0 Å². The van der Waals surface area contributed by atoms with Crippen molar-refractivity contribution in [3.05, 3.63) is 30.0 Å². The molecule has 0 spiro atoms. The van der Waals surface area contributed by atoms with Gasteiger partial charge in [0.15, 0.2) is 5.12 Å². The van der Waals surface area contributed by atoms with Crippen LogP contribution in [0.15, 0.2) is 27.8 Å². The van der Waals surface area contributed by atoms with E-state index in [9.17, 15) is 19.2 Å². The summed E-state index contributed by atoms with van der Waals surface area (Å²) in [5.41, 5.74) is -0.551. The molecule has 0 aliphatic carbocycles. The summed E-state index contributed by atoms with van der Waals surface area (Å²) in [6.07, 6.45) is 10.7. The van der Waals surface area contributed by atoms with Gasteiger partial charge in [-0.2, -0.15) is 0 Å². The molecular weight excluding hydrogens is 528 g/mol. The zero-order valence-corrected chi connectivity index (χ0v) is 23.6. The topological polar surface area (TPSA) is 140 Å². The number of carbonyl (C=O) groups is 4. The van der Waals surface area contributed by atoms with Crippen LogP contribution in [-0.2, 0) is 30.5 Å². The van der Waals surface area contributed by atoms with Gasteiger partial charge in [-0.05, 0) is 25.8 Å². The first-order valence-corrected chi connectivity index (χ1v) is 15.0. The van der Waals surface area contributed by atoms with E-state index in [2.05, 4.69) is 27.5 Å². The van der Waals surface area contributed by atoms with E-state index < -0.39 is 23.5 Å². The van der Waals surface area contributed by atoms with Crippen LogP contribution >= 0.6 is 23.5 Å². The normalized spacial score (nSPS) is 22.6. The highest BCUT2D eigenvalue weighted by atomic mass is 32.2. The van der Waals surface area contributed by atoms with Gasteiger partial charge in [-0.1, -0.05) is 50.4 Å². The molecule has 0 fully saturated rings. The van der Waals surface area contributed by atoms with Crippen molar-refractivity contribution in [1.29, 1.82) is 0 Å². The van der Waals surface area contributed by atoms with Crippen molar-refractivity contribution < 1.29 is 28.3 Å². The van der Waals surface area contributed by atoms with Crippen molar-refractivity contribution in [1.82, 2.24) is 15.6 Å². The first-order valence-electron chi connectivity index (χ1n) is 13.0. The maximum Gasteiger partial charge on any atom is 0.326 e. The van der Waals surface area contributed by atoms with E-state index in [0.717, 1.165) is 12.8 Å². The van der Waals surface area contributed by atoms with Gasteiger partial charge >= 0.3 is 5.97 Å². The Morgan fingerprint density at radius 2 is 2.03 bits per heavy atom. The molecule has 2 atom stereocenters. The third-order valence-corrected chi connectivity index (χ3v) is 8.23. The third kappa shape index (κ3) is 9.61. The van der Waals surface area contributed by atoms with Crippen LogP contribution in [0.2, 0.25) is 0 Å². The summed E-state index contributed by atoms with van der Waals surface area (Å²) in [4.78, 5) is 58.6. The van der Waals surface area contributed by atoms with Crippen molar-refractivity contribution >= 4 is 51.5 Å². The molecule has 38 heavy (non-hydrogen) atoms. The molecule has 4 bridgehead atoms. The molecule has 10 nitrogen and oxygen atoms in total. The number of unbranched alkanes of at least 4 members (excludes halogenated alkanes) is 4. The van der Waals surface area contributed by atoms with Gasteiger partial charge in [0.2, 0.25) is 17.7 Å². The fourth-order valence-electron chi connectivity index (χ4n) is 3.80. The number of carbonyl (C=O) groups excluding carboxylic acids is 4. The summed E-state index contributed by atoms with van der Waals surface area (Å²) in [5, 5.41) is 6.06. The second kappa shape index (κ2) is 15.1. The minimum atomic E-state index is -1.05. The van der Waals surface area contributed by atoms with E-state index in [1.807, 2.05) is 0 Å². The molecule has 3 heterocycles. The number of allylic oxidation sites excluding steroid dienone is 1. The number of aliphatic imine (C=N–C) groups is 1. The summed E-state index contributed by atoms with van der Waals surface area (Å²) < 4.78 is 10.9. The van der Waals surface area contributed by atoms with E-state index in [1.54, 1.807) is 19.1 Å². The van der Waals surface area contributed by atoms with Crippen LogP contribution in [0.25, 0.3) is 0 Å². The van der Waals surface area contributed by atoms with Crippen molar-refractivity contribution in [2.75, 3.05) is 18.1 Å². The summed E-state index contributed by atoms with van der Waals surface area (Å²) in [6, 6.07) is 0. The Balaban J connectivity index is 1.54. The average molecular weight is 565 g/mol. The lowest BCUT2D eigenvalue weighted by molar-refractivity contribution is -0.148. The summed E-state index contributed by atoms with van der Waals surface area (Å²) in [7, 11) is 0. The number of ether oxygens (including phenoxy) is 1. The van der Waals surface area contributed by atoms with Gasteiger partial charge in [0.25, 0.3) is 0 Å². The molecule has 208 valence electrons. The quantitative estimate of drug-likeness (QED) is 0.248. The Labute approximate surface area is 231 Å². The molecule has 0 radical (unpaired) electrons. The predicted octanol–water partition coefficient (Wildman–Crippen LogP) is 3.54. The van der Waals surface area contributed by atoms with Gasteiger partial charge in [-0.15, -0.1) is 11.8 Å². The Bertz CT molecular complexity index is 1060. The maximum absolute atomic E-state index is 12.7. The number of nitrogens with zero attached hydrogens (tertiary/aromatic N) is 2. The van der Waals surface area contributed by atoms with Crippen molar-refractivity contribution in [2.24, 2.45) is 4.99 Å². The molecular formula is C26H36N4O6S2. The minimum Gasteiger partial charge on any atom is -0.456 e. The largest absolute Gasteiger partial charge is 0.456 e. The predicted molar refractivity (Wildman–Crippen MR) is 148 cm³/mol. The SMILES string of the molecule is CCCCCCCC(=O)SCC/C=C/C1CC(=O)NCc2nc(co2)C2=NC(C)(CS2)C(=O)NCC(=O)O1. The van der Waals surface area contributed by atoms with Crippen LogP contribution in [0, 0.1) is 0 Å². The van der Waals surface area contributed by atoms with Gasteiger partial charge in [0.05, 0.1) is 13.0 Å². The Morgan fingerprint density at radius 1 is 1.21 bits per heavy atom. The van der Waals surface area contributed by atoms with Crippen molar-refractivity contribution in [2.45, 2.75) is 83.4 Å². The van der Waals surface area contributed by atoms with E-state index >= 15 is 0 Å². The Kier molecular flexibility index (Phi) is 11.9. The van der Waals surface area contributed by atoms with Gasteiger partial charge in [0.1, 0.15) is 35.2 Å². The fraction of sp³-hybridized carbons (Fsp3) is 0.615. The molecule has 2 aliphatic heterocycles. The molecule has 2 unspecified atom stereocenters. The number of fused-ring (bicyclic) bond motifs is 4. The Morgan fingerprint density at radius 3 is 2.84 bits per heavy atom. The molecule has 1 aromatic heterocycles. The zero-order valence-electron chi connectivity index (χ0n) is 22.0. The summed E-state index contributed by atoms with van der Waals surface area (Å²) in [6.45, 7) is 3.58. The van der Waals surface area contributed by atoms with Crippen LogP contribution < -0.4 is 10.6 Å².